The Balaban J connectivity index is 1.69. The number of alkyl halides is 2. The highest BCUT2D eigenvalue weighted by molar-refractivity contribution is 7.99. The molecule has 26 heavy (non-hydrogen) atoms. The van der Waals surface area contributed by atoms with Crippen LogP contribution in [0.3, 0.4) is 0 Å². The number of rotatable bonds is 5. The van der Waals surface area contributed by atoms with Gasteiger partial charge < -0.3 is 9.64 Å². The van der Waals surface area contributed by atoms with Gasteiger partial charge in [0.25, 0.3) is 17.5 Å². The van der Waals surface area contributed by atoms with Gasteiger partial charge in [0.2, 0.25) is 5.69 Å². The highest BCUT2D eigenvalue weighted by Gasteiger charge is 2.30. The average molecular weight is 376 g/mol. The topological polar surface area (TPSA) is 79.1 Å². The van der Waals surface area contributed by atoms with E-state index in [0.29, 0.717) is 24.7 Å². The highest BCUT2D eigenvalue weighted by Crippen LogP contribution is 2.30. The van der Waals surface area contributed by atoms with Crippen molar-refractivity contribution in [3.63, 3.8) is 0 Å². The summed E-state index contributed by atoms with van der Waals surface area (Å²) < 4.78 is 31.1. The lowest BCUT2D eigenvalue weighted by molar-refractivity contribution is 0.0767. The lowest BCUT2D eigenvalue weighted by Crippen LogP contribution is -2.31. The maximum atomic E-state index is 12.7. The minimum atomic E-state index is -2.60. The van der Waals surface area contributed by atoms with Gasteiger partial charge in [-0.25, -0.2) is 9.97 Å². The molecule has 1 saturated heterocycles. The van der Waals surface area contributed by atoms with E-state index in [0.717, 1.165) is 0 Å². The minimum Gasteiger partial charge on any atom is -0.470 e. The van der Waals surface area contributed by atoms with E-state index in [2.05, 4.69) is 9.97 Å². The lowest BCUT2D eigenvalue weighted by atomic mass is 10.2. The van der Waals surface area contributed by atoms with Crippen molar-refractivity contribution in [3.05, 3.63) is 47.9 Å². The SMILES string of the molecule is N#Cc1nccnc1OC1CCN(C(=O)c2ccccc2SC(F)F)C1. The Morgan fingerprint density at radius 3 is 2.88 bits per heavy atom. The van der Waals surface area contributed by atoms with E-state index in [1.54, 1.807) is 17.0 Å². The molecule has 1 unspecified atom stereocenters. The molecule has 3 rings (SSSR count). The van der Waals surface area contributed by atoms with Crippen molar-refractivity contribution < 1.29 is 18.3 Å². The summed E-state index contributed by atoms with van der Waals surface area (Å²) in [5, 5.41) is 9.02. The van der Waals surface area contributed by atoms with Gasteiger partial charge in [0.15, 0.2) is 0 Å². The third kappa shape index (κ3) is 4.08. The Bertz CT molecular complexity index is 844. The summed E-state index contributed by atoms with van der Waals surface area (Å²) in [6.07, 6.45) is 3.04. The summed E-state index contributed by atoms with van der Waals surface area (Å²) in [6.45, 7) is 0.716. The number of carbonyl (C=O) groups excluding carboxylic acids is 1. The minimum absolute atomic E-state index is 0.0796. The first kappa shape index (κ1) is 18.1. The molecule has 1 atom stereocenters. The van der Waals surface area contributed by atoms with Crippen molar-refractivity contribution >= 4 is 17.7 Å². The fourth-order valence-electron chi connectivity index (χ4n) is 2.67. The molecule has 0 spiro atoms. The zero-order valence-corrected chi connectivity index (χ0v) is 14.3. The fourth-order valence-corrected chi connectivity index (χ4v) is 3.30. The number of thioether (sulfide) groups is 1. The second-order valence-corrected chi connectivity index (χ2v) is 6.51. The van der Waals surface area contributed by atoms with Crippen molar-refractivity contribution in [1.29, 1.82) is 5.26 Å². The number of aromatic nitrogens is 2. The van der Waals surface area contributed by atoms with Gasteiger partial charge in [-0.15, -0.1) is 0 Å². The first-order valence-corrected chi connectivity index (χ1v) is 8.67. The fraction of sp³-hybridized carbons (Fsp3) is 0.294. The Morgan fingerprint density at radius 2 is 2.12 bits per heavy atom. The monoisotopic (exact) mass is 376 g/mol. The van der Waals surface area contributed by atoms with Crippen LogP contribution in [-0.2, 0) is 0 Å². The average Bonchev–Trinajstić information content (AvgIpc) is 3.10. The number of carbonyl (C=O) groups is 1. The van der Waals surface area contributed by atoms with Gasteiger partial charge in [0.1, 0.15) is 12.2 Å². The van der Waals surface area contributed by atoms with Crippen molar-refractivity contribution in [2.75, 3.05) is 13.1 Å². The highest BCUT2D eigenvalue weighted by atomic mass is 32.2. The molecule has 1 aromatic heterocycles. The first-order chi connectivity index (χ1) is 12.6. The standard InChI is InChI=1S/C17H14F2N4O2S/c18-17(19)26-14-4-2-1-3-12(14)16(24)23-8-5-11(10-23)25-15-13(9-20)21-6-7-22-15/h1-4,6-7,11,17H,5,8,10H2. The predicted molar refractivity (Wildman–Crippen MR) is 90.0 cm³/mol. The molecule has 0 saturated carbocycles. The molecule has 9 heteroatoms. The van der Waals surface area contributed by atoms with Crippen molar-refractivity contribution in [2.45, 2.75) is 23.2 Å². The van der Waals surface area contributed by atoms with Gasteiger partial charge in [-0.1, -0.05) is 23.9 Å². The van der Waals surface area contributed by atoms with E-state index in [1.807, 2.05) is 6.07 Å². The smallest absolute Gasteiger partial charge is 0.288 e. The van der Waals surface area contributed by atoms with E-state index in [-0.39, 0.29) is 40.6 Å². The van der Waals surface area contributed by atoms with Gasteiger partial charge in [-0.2, -0.15) is 14.0 Å². The third-order valence-corrected chi connectivity index (χ3v) is 4.60. The number of hydrogen-bond acceptors (Lipinski definition) is 6. The molecule has 0 aliphatic carbocycles. The summed E-state index contributed by atoms with van der Waals surface area (Å²) in [4.78, 5) is 22.4. The largest absolute Gasteiger partial charge is 0.470 e. The molecule has 1 fully saturated rings. The molecule has 0 radical (unpaired) electrons. The van der Waals surface area contributed by atoms with Crippen LogP contribution >= 0.6 is 11.8 Å². The molecule has 1 aliphatic heterocycles. The molecule has 2 aromatic rings. The van der Waals surface area contributed by atoms with E-state index < -0.39 is 5.76 Å². The van der Waals surface area contributed by atoms with Crippen LogP contribution in [0, 0.1) is 11.3 Å². The van der Waals surface area contributed by atoms with Gasteiger partial charge in [0, 0.05) is 30.3 Å². The molecule has 0 bridgehead atoms. The summed E-state index contributed by atoms with van der Waals surface area (Å²) in [5.74, 6) is -2.79. The van der Waals surface area contributed by atoms with Gasteiger partial charge >= 0.3 is 0 Å². The van der Waals surface area contributed by atoms with Gasteiger partial charge in [-0.05, 0) is 12.1 Å². The number of nitriles is 1. The Kier molecular flexibility index (Phi) is 5.63. The Morgan fingerprint density at radius 1 is 1.35 bits per heavy atom. The van der Waals surface area contributed by atoms with Crippen LogP contribution in [0.15, 0.2) is 41.6 Å². The zero-order chi connectivity index (χ0) is 18.5. The number of benzene rings is 1. The normalized spacial score (nSPS) is 16.5. The predicted octanol–water partition coefficient (Wildman–Crippen LogP) is 2.96. The number of halogens is 2. The number of ether oxygens (including phenoxy) is 1. The van der Waals surface area contributed by atoms with E-state index in [9.17, 15) is 13.6 Å². The number of amides is 1. The number of hydrogen-bond donors (Lipinski definition) is 0. The number of likely N-dealkylation sites (tertiary alicyclic amines) is 1. The van der Waals surface area contributed by atoms with Crippen LogP contribution in [0.4, 0.5) is 8.78 Å². The number of nitrogens with zero attached hydrogens (tertiary/aromatic N) is 4. The second-order valence-electron chi connectivity index (χ2n) is 5.48. The van der Waals surface area contributed by atoms with Gasteiger partial charge in [0.05, 0.1) is 12.1 Å². The quantitative estimate of drug-likeness (QED) is 0.747. The summed E-state index contributed by atoms with van der Waals surface area (Å²) >= 11 is 0.354. The van der Waals surface area contributed by atoms with E-state index >= 15 is 0 Å². The Labute approximate surface area is 152 Å². The van der Waals surface area contributed by atoms with Crippen LogP contribution in [0.5, 0.6) is 5.88 Å². The first-order valence-electron chi connectivity index (χ1n) is 7.79. The molecule has 1 aromatic carbocycles. The maximum Gasteiger partial charge on any atom is 0.288 e. The lowest BCUT2D eigenvalue weighted by Gasteiger charge is -2.18. The molecule has 0 N–H and O–H groups in total. The third-order valence-electron chi connectivity index (χ3n) is 3.81. The van der Waals surface area contributed by atoms with E-state index in [4.69, 9.17) is 10.00 Å². The van der Waals surface area contributed by atoms with Gasteiger partial charge in [-0.3, -0.25) is 4.79 Å². The zero-order valence-electron chi connectivity index (χ0n) is 13.5. The van der Waals surface area contributed by atoms with Crippen LogP contribution in [0.1, 0.15) is 22.5 Å². The Hall–Kier alpha value is -2.73. The second kappa shape index (κ2) is 8.10. The molecular formula is C17H14F2N4O2S. The summed E-state index contributed by atoms with van der Waals surface area (Å²) in [7, 11) is 0. The van der Waals surface area contributed by atoms with Crippen LogP contribution in [0.2, 0.25) is 0 Å². The molecular weight excluding hydrogens is 362 g/mol. The van der Waals surface area contributed by atoms with E-state index in [1.165, 1.54) is 24.5 Å². The van der Waals surface area contributed by atoms with Crippen LogP contribution in [-0.4, -0.2) is 45.7 Å². The molecule has 134 valence electrons. The molecule has 6 nitrogen and oxygen atoms in total. The molecule has 1 amide bonds. The van der Waals surface area contributed by atoms with Crippen molar-refractivity contribution in [3.8, 4) is 11.9 Å². The maximum absolute atomic E-state index is 12.7. The van der Waals surface area contributed by atoms with Crippen LogP contribution < -0.4 is 4.74 Å². The molecule has 2 heterocycles. The van der Waals surface area contributed by atoms with Crippen molar-refractivity contribution in [1.82, 2.24) is 14.9 Å². The summed E-state index contributed by atoms with van der Waals surface area (Å²) in [6, 6.07) is 8.21. The van der Waals surface area contributed by atoms with Crippen LogP contribution in [0.25, 0.3) is 0 Å². The van der Waals surface area contributed by atoms with Crippen molar-refractivity contribution in [2.24, 2.45) is 0 Å². The molecule has 1 aliphatic rings. The summed E-state index contributed by atoms with van der Waals surface area (Å²) in [5.41, 5.74) is 0.326.